The van der Waals surface area contributed by atoms with Crippen LogP contribution in [0.4, 0.5) is 10.5 Å². The van der Waals surface area contributed by atoms with Crippen molar-refractivity contribution < 1.29 is 19.4 Å². The van der Waals surface area contributed by atoms with Gasteiger partial charge in [-0.1, -0.05) is 24.4 Å². The Balaban J connectivity index is 1.39. The molecule has 1 saturated carbocycles. The molecule has 0 radical (unpaired) electrons. The van der Waals surface area contributed by atoms with Crippen molar-refractivity contribution in [3.8, 4) is 5.75 Å². The normalized spacial score (nSPS) is 13.4. The lowest BCUT2D eigenvalue weighted by molar-refractivity contribution is 0.0676. The van der Waals surface area contributed by atoms with Gasteiger partial charge in [0, 0.05) is 42.1 Å². The Bertz CT molecular complexity index is 1160. The number of nitrogens with zero attached hydrogens (tertiary/aromatic N) is 6. The van der Waals surface area contributed by atoms with Crippen LogP contribution in [-0.4, -0.2) is 67.5 Å². The third-order valence-corrected chi connectivity index (χ3v) is 6.65. The van der Waals surface area contributed by atoms with E-state index in [2.05, 4.69) is 15.1 Å². The van der Waals surface area contributed by atoms with Gasteiger partial charge in [-0.05, 0) is 56.0 Å². The number of carboxylic acid groups (broad SMARTS) is 1. The Morgan fingerprint density at radius 3 is 2.57 bits per heavy atom. The van der Waals surface area contributed by atoms with Gasteiger partial charge < -0.3 is 14.7 Å². The van der Waals surface area contributed by atoms with Gasteiger partial charge in [0.25, 0.3) is 5.91 Å². The topological polar surface area (TPSA) is 114 Å². The van der Waals surface area contributed by atoms with Gasteiger partial charge in [0.05, 0.1) is 12.2 Å². The first-order valence-corrected chi connectivity index (χ1v) is 12.9. The first-order valence-electron chi connectivity index (χ1n) is 12.5. The van der Waals surface area contributed by atoms with Crippen LogP contribution in [0.1, 0.15) is 48.9 Å². The second kappa shape index (κ2) is 13.0. The largest absolute Gasteiger partial charge is 0.492 e. The number of ether oxygens (including phenoxy) is 1. The molecule has 1 aliphatic rings. The van der Waals surface area contributed by atoms with Crippen LogP contribution in [0.25, 0.3) is 0 Å². The standard InChI is InChI=1S/C26H31ClN6O4/c27-21-15-20(16-24(17-21)37-14-13-33(26(35)36)23-7-9-28-10-8-23)25(34)32(22-5-1-2-6-22)12-4-3-11-31-19-29-18-30-31/h7-10,15-19,22H,1-6,11-14H2,(H,35,36). The average Bonchev–Trinajstić information content (AvgIpc) is 3.61. The lowest BCUT2D eigenvalue weighted by Gasteiger charge is -2.29. The van der Waals surface area contributed by atoms with Gasteiger partial charge in [0.15, 0.2) is 0 Å². The van der Waals surface area contributed by atoms with Gasteiger partial charge in [0.2, 0.25) is 0 Å². The number of unbranched alkanes of at least 4 members (excludes halogenated alkanes) is 1. The lowest BCUT2D eigenvalue weighted by Crippen LogP contribution is -2.39. The van der Waals surface area contributed by atoms with Gasteiger partial charge >= 0.3 is 6.09 Å². The molecule has 4 rings (SSSR count). The number of aryl methyl sites for hydroxylation is 1. The van der Waals surface area contributed by atoms with Crippen LogP contribution in [0.3, 0.4) is 0 Å². The predicted octanol–water partition coefficient (Wildman–Crippen LogP) is 4.76. The van der Waals surface area contributed by atoms with Crippen LogP contribution in [0, 0.1) is 0 Å². The summed E-state index contributed by atoms with van der Waals surface area (Å²) in [6, 6.07) is 8.43. The molecule has 2 aromatic heterocycles. The first-order chi connectivity index (χ1) is 18.0. The Morgan fingerprint density at radius 1 is 1.08 bits per heavy atom. The molecule has 0 spiro atoms. The number of carbonyl (C=O) groups excluding carboxylic acids is 1. The molecular formula is C26H31ClN6O4. The van der Waals surface area contributed by atoms with Crippen molar-refractivity contribution in [1.29, 1.82) is 0 Å². The molecule has 0 bridgehead atoms. The van der Waals surface area contributed by atoms with Crippen molar-refractivity contribution in [2.75, 3.05) is 24.6 Å². The van der Waals surface area contributed by atoms with Gasteiger partial charge in [-0.2, -0.15) is 5.10 Å². The monoisotopic (exact) mass is 526 g/mol. The molecule has 0 unspecified atom stereocenters. The highest BCUT2D eigenvalue weighted by atomic mass is 35.5. The Morgan fingerprint density at radius 2 is 1.86 bits per heavy atom. The molecule has 2 heterocycles. The molecule has 0 aliphatic heterocycles. The second-order valence-electron chi connectivity index (χ2n) is 8.97. The zero-order chi connectivity index (χ0) is 26.0. The quantitative estimate of drug-likeness (QED) is 0.338. The van der Waals surface area contributed by atoms with Crippen LogP contribution in [0.5, 0.6) is 5.75 Å². The fourth-order valence-corrected chi connectivity index (χ4v) is 4.84. The van der Waals surface area contributed by atoms with Gasteiger partial charge in [-0.15, -0.1) is 0 Å². The zero-order valence-corrected chi connectivity index (χ0v) is 21.3. The number of rotatable bonds is 12. The number of hydrogen-bond donors (Lipinski definition) is 1. The fraction of sp³-hybridized carbons (Fsp3) is 0.423. The minimum Gasteiger partial charge on any atom is -0.492 e. The lowest BCUT2D eigenvalue weighted by atomic mass is 10.1. The van der Waals surface area contributed by atoms with E-state index in [-0.39, 0.29) is 25.1 Å². The number of hydrogen-bond acceptors (Lipinski definition) is 6. The van der Waals surface area contributed by atoms with Crippen molar-refractivity contribution in [2.45, 2.75) is 51.1 Å². The first kappa shape index (κ1) is 26.4. The maximum atomic E-state index is 13.6. The Labute approximate surface area is 220 Å². The summed E-state index contributed by atoms with van der Waals surface area (Å²) in [5.41, 5.74) is 0.971. The number of aromatic nitrogens is 4. The number of amides is 2. The van der Waals surface area contributed by atoms with E-state index >= 15 is 0 Å². The molecule has 10 nitrogen and oxygen atoms in total. The highest BCUT2D eigenvalue weighted by Crippen LogP contribution is 2.28. The molecule has 1 aliphatic carbocycles. The van der Waals surface area contributed by atoms with E-state index in [1.807, 2.05) is 4.90 Å². The average molecular weight is 527 g/mol. The van der Waals surface area contributed by atoms with Gasteiger partial charge in [-0.25, -0.2) is 9.78 Å². The molecule has 1 aromatic carbocycles. The molecule has 0 saturated heterocycles. The minimum atomic E-state index is -1.09. The summed E-state index contributed by atoms with van der Waals surface area (Å²) in [5.74, 6) is 0.359. The molecule has 1 fully saturated rings. The number of pyridine rings is 1. The number of benzene rings is 1. The van der Waals surface area contributed by atoms with Crippen LogP contribution in [0.2, 0.25) is 5.02 Å². The van der Waals surface area contributed by atoms with E-state index in [1.165, 1.54) is 23.6 Å². The summed E-state index contributed by atoms with van der Waals surface area (Å²) in [7, 11) is 0. The summed E-state index contributed by atoms with van der Waals surface area (Å²) in [6.07, 6.45) is 11.2. The summed E-state index contributed by atoms with van der Waals surface area (Å²) in [4.78, 5) is 36.3. The maximum Gasteiger partial charge on any atom is 0.411 e. The fourth-order valence-electron chi connectivity index (χ4n) is 4.62. The van der Waals surface area contributed by atoms with E-state index < -0.39 is 6.09 Å². The molecule has 1 N–H and O–H groups in total. The predicted molar refractivity (Wildman–Crippen MR) is 139 cm³/mol. The van der Waals surface area contributed by atoms with Crippen molar-refractivity contribution in [1.82, 2.24) is 24.6 Å². The van der Waals surface area contributed by atoms with Crippen LogP contribution in [-0.2, 0) is 6.54 Å². The van der Waals surface area contributed by atoms with Crippen LogP contribution < -0.4 is 9.64 Å². The summed E-state index contributed by atoms with van der Waals surface area (Å²) < 4.78 is 7.63. The van der Waals surface area contributed by atoms with E-state index in [4.69, 9.17) is 16.3 Å². The third kappa shape index (κ3) is 7.42. The zero-order valence-electron chi connectivity index (χ0n) is 20.6. The minimum absolute atomic E-state index is 0.0658. The molecule has 37 heavy (non-hydrogen) atoms. The van der Waals surface area contributed by atoms with E-state index in [0.717, 1.165) is 45.1 Å². The number of anilines is 1. The van der Waals surface area contributed by atoms with Crippen molar-refractivity contribution in [3.63, 3.8) is 0 Å². The molecular weight excluding hydrogens is 496 g/mol. The molecule has 0 atom stereocenters. The number of halogens is 1. The smallest absolute Gasteiger partial charge is 0.411 e. The van der Waals surface area contributed by atoms with Crippen LogP contribution >= 0.6 is 11.6 Å². The van der Waals surface area contributed by atoms with Gasteiger partial charge in [-0.3, -0.25) is 19.4 Å². The highest BCUT2D eigenvalue weighted by Gasteiger charge is 2.27. The van der Waals surface area contributed by atoms with Crippen molar-refractivity contribution in [3.05, 3.63) is 66.0 Å². The van der Waals surface area contributed by atoms with E-state index in [9.17, 15) is 14.7 Å². The van der Waals surface area contributed by atoms with Crippen molar-refractivity contribution in [2.24, 2.45) is 0 Å². The second-order valence-corrected chi connectivity index (χ2v) is 9.40. The molecule has 3 aromatic rings. The summed E-state index contributed by atoms with van der Waals surface area (Å²) >= 11 is 6.35. The van der Waals surface area contributed by atoms with Crippen molar-refractivity contribution >= 4 is 29.3 Å². The molecule has 2 amide bonds. The van der Waals surface area contributed by atoms with E-state index in [0.29, 0.717) is 28.6 Å². The molecule has 196 valence electrons. The van der Waals surface area contributed by atoms with E-state index in [1.54, 1.807) is 41.3 Å². The molecule has 11 heteroatoms. The third-order valence-electron chi connectivity index (χ3n) is 6.44. The summed E-state index contributed by atoms with van der Waals surface area (Å²) in [5, 5.41) is 14.1. The SMILES string of the molecule is O=C(O)N(CCOc1cc(Cl)cc(C(=O)N(CCCCn2cncn2)C2CCCC2)c1)c1ccncc1. The highest BCUT2D eigenvalue weighted by molar-refractivity contribution is 6.31. The van der Waals surface area contributed by atoms with Gasteiger partial charge in [0.1, 0.15) is 25.0 Å². The Hall–Kier alpha value is -3.66. The number of carbonyl (C=O) groups is 2. The maximum absolute atomic E-state index is 13.6. The Kier molecular flexibility index (Phi) is 9.31. The summed E-state index contributed by atoms with van der Waals surface area (Å²) in [6.45, 7) is 1.61. The van der Waals surface area contributed by atoms with Crippen LogP contribution in [0.15, 0.2) is 55.4 Å².